The molecule has 0 heterocycles. The zero-order valence-electron chi connectivity index (χ0n) is 7.60. The van der Waals surface area contributed by atoms with Crippen molar-refractivity contribution < 1.29 is 27.1 Å². The molecule has 0 aromatic heterocycles. The molecule has 0 saturated heterocycles. The van der Waals surface area contributed by atoms with Gasteiger partial charge in [-0.15, -0.1) is 0 Å². The molecule has 0 aliphatic carbocycles. The molecule has 1 aromatic rings. The molecule has 0 saturated carbocycles. The highest BCUT2D eigenvalue weighted by Crippen LogP contribution is 2.43. The number of benzene rings is 1. The molecule has 0 fully saturated rings. The predicted octanol–water partition coefficient (Wildman–Crippen LogP) is 3.46. The van der Waals surface area contributed by atoms with Crippen molar-refractivity contribution in [3.05, 3.63) is 34.3 Å². The maximum atomic E-state index is 12.4. The molecule has 90 valence electrons. The first-order valence-electron chi connectivity index (χ1n) is 4.03. The van der Waals surface area contributed by atoms with Crippen LogP contribution in [0.2, 0.25) is 0 Å². The zero-order valence-corrected chi connectivity index (χ0v) is 9.19. The second-order valence-electron chi connectivity index (χ2n) is 3.07. The lowest BCUT2D eigenvalue weighted by Crippen LogP contribution is -2.48. The average Bonchev–Trinajstić information content (AvgIpc) is 2.15. The van der Waals surface area contributed by atoms with Crippen molar-refractivity contribution in [2.24, 2.45) is 0 Å². The van der Waals surface area contributed by atoms with Gasteiger partial charge in [0.25, 0.3) is 6.43 Å². The molecule has 0 aliphatic rings. The van der Waals surface area contributed by atoms with E-state index in [-0.39, 0.29) is 0 Å². The number of hydrogen-bond donors (Lipinski definition) is 1. The molecule has 0 bridgehead atoms. The van der Waals surface area contributed by atoms with Gasteiger partial charge in [-0.1, -0.05) is 28.1 Å². The van der Waals surface area contributed by atoms with E-state index in [9.17, 15) is 22.0 Å². The van der Waals surface area contributed by atoms with Crippen LogP contribution >= 0.6 is 15.9 Å². The monoisotopic (exact) mass is 304 g/mol. The molecule has 0 radical (unpaired) electrons. The summed E-state index contributed by atoms with van der Waals surface area (Å²) in [5.74, 6) is 0. The number of halogens is 6. The van der Waals surface area contributed by atoms with Gasteiger partial charge in [0.15, 0.2) is 0 Å². The Morgan fingerprint density at radius 2 is 1.50 bits per heavy atom. The second kappa shape index (κ2) is 4.29. The van der Waals surface area contributed by atoms with Crippen molar-refractivity contribution in [3.8, 4) is 0 Å². The lowest BCUT2D eigenvalue weighted by Gasteiger charge is -2.29. The van der Waals surface area contributed by atoms with Crippen LogP contribution in [-0.2, 0) is 5.60 Å². The van der Waals surface area contributed by atoms with Gasteiger partial charge in [-0.3, -0.25) is 0 Å². The van der Waals surface area contributed by atoms with Crippen molar-refractivity contribution in [1.82, 2.24) is 0 Å². The van der Waals surface area contributed by atoms with E-state index in [2.05, 4.69) is 15.9 Å². The van der Waals surface area contributed by atoms with Gasteiger partial charge in [0.1, 0.15) is 0 Å². The normalized spacial score (nSPS) is 16.2. The van der Waals surface area contributed by atoms with E-state index < -0.39 is 23.8 Å². The number of hydrogen-bond acceptors (Lipinski definition) is 1. The smallest absolute Gasteiger partial charge is 0.372 e. The van der Waals surface area contributed by atoms with E-state index in [1.54, 1.807) is 0 Å². The number of rotatable bonds is 2. The van der Waals surface area contributed by atoms with Crippen molar-refractivity contribution in [2.75, 3.05) is 0 Å². The van der Waals surface area contributed by atoms with Gasteiger partial charge in [-0.25, -0.2) is 8.78 Å². The Balaban J connectivity index is 3.28. The fourth-order valence-corrected chi connectivity index (χ4v) is 1.38. The van der Waals surface area contributed by atoms with Crippen molar-refractivity contribution in [1.29, 1.82) is 0 Å². The van der Waals surface area contributed by atoms with E-state index in [1.807, 2.05) is 0 Å². The lowest BCUT2D eigenvalue weighted by molar-refractivity contribution is -0.305. The number of aliphatic hydroxyl groups is 1. The fourth-order valence-electron chi connectivity index (χ4n) is 1.12. The molecule has 16 heavy (non-hydrogen) atoms. The van der Waals surface area contributed by atoms with Crippen molar-refractivity contribution >= 4 is 15.9 Å². The van der Waals surface area contributed by atoms with E-state index in [0.29, 0.717) is 4.47 Å². The second-order valence-corrected chi connectivity index (χ2v) is 3.99. The minimum absolute atomic E-state index is 0.426. The van der Waals surface area contributed by atoms with Gasteiger partial charge < -0.3 is 5.11 Å². The Bertz CT molecular complexity index is 361. The summed E-state index contributed by atoms with van der Waals surface area (Å²) < 4.78 is 62.4. The molecule has 0 aliphatic heterocycles. The van der Waals surface area contributed by atoms with Crippen LogP contribution in [0.5, 0.6) is 0 Å². The summed E-state index contributed by atoms with van der Waals surface area (Å²) >= 11 is 2.95. The minimum Gasteiger partial charge on any atom is -0.372 e. The predicted molar refractivity (Wildman–Crippen MR) is 50.1 cm³/mol. The largest absolute Gasteiger partial charge is 0.427 e. The van der Waals surface area contributed by atoms with Crippen LogP contribution in [0, 0.1) is 0 Å². The molecule has 1 N–H and O–H groups in total. The first-order valence-corrected chi connectivity index (χ1v) is 4.82. The summed E-state index contributed by atoms with van der Waals surface area (Å²) in [5, 5.41) is 9.10. The Hall–Kier alpha value is -0.690. The molecule has 1 rings (SSSR count). The molecule has 1 unspecified atom stereocenters. The molecule has 1 aromatic carbocycles. The SMILES string of the molecule is OC(c1ccc(Br)cc1)(C(F)F)C(F)(F)F. The highest BCUT2D eigenvalue weighted by molar-refractivity contribution is 9.10. The van der Waals surface area contributed by atoms with Gasteiger partial charge in [0, 0.05) is 4.47 Å². The van der Waals surface area contributed by atoms with Crippen LogP contribution in [0.3, 0.4) is 0 Å². The molecular formula is C9H6BrF5O. The molecule has 1 atom stereocenters. The minimum atomic E-state index is -5.44. The highest BCUT2D eigenvalue weighted by Gasteiger charge is 2.61. The number of alkyl halides is 5. The highest BCUT2D eigenvalue weighted by atomic mass is 79.9. The molecule has 1 nitrogen and oxygen atoms in total. The third kappa shape index (κ3) is 2.20. The Morgan fingerprint density at radius 1 is 1.06 bits per heavy atom. The summed E-state index contributed by atoms with van der Waals surface area (Å²) in [6.07, 6.45) is -9.39. The van der Waals surface area contributed by atoms with Crippen LogP contribution in [0.4, 0.5) is 22.0 Å². The van der Waals surface area contributed by atoms with E-state index in [1.165, 1.54) is 0 Å². The molecular weight excluding hydrogens is 299 g/mol. The zero-order chi connectivity index (χ0) is 12.6. The molecule has 0 amide bonds. The lowest BCUT2D eigenvalue weighted by atomic mass is 9.94. The summed E-state index contributed by atoms with van der Waals surface area (Å²) in [5.41, 5.74) is -5.02. The average molecular weight is 305 g/mol. The maximum absolute atomic E-state index is 12.4. The van der Waals surface area contributed by atoms with Gasteiger partial charge in [0.2, 0.25) is 5.60 Å². The first kappa shape index (κ1) is 13.4. The van der Waals surface area contributed by atoms with Crippen LogP contribution in [0.15, 0.2) is 28.7 Å². The summed E-state index contributed by atoms with van der Waals surface area (Å²) in [7, 11) is 0. The third-order valence-corrected chi connectivity index (χ3v) is 2.56. The first-order chi connectivity index (χ1) is 7.19. The van der Waals surface area contributed by atoms with Gasteiger partial charge in [-0.05, 0) is 17.7 Å². The Labute approximate surface area is 96.0 Å². The van der Waals surface area contributed by atoms with E-state index in [0.717, 1.165) is 24.3 Å². The summed E-state index contributed by atoms with van der Waals surface area (Å²) in [4.78, 5) is 0. The van der Waals surface area contributed by atoms with Gasteiger partial charge in [-0.2, -0.15) is 13.2 Å². The van der Waals surface area contributed by atoms with Crippen molar-refractivity contribution in [2.45, 2.75) is 18.2 Å². The third-order valence-electron chi connectivity index (χ3n) is 2.03. The van der Waals surface area contributed by atoms with Crippen LogP contribution in [-0.4, -0.2) is 17.7 Å². The standard InChI is InChI=1S/C9H6BrF5O/c10-6-3-1-5(2-4-6)8(16,7(11)12)9(13,14)15/h1-4,7,16H. The molecule has 7 heteroatoms. The van der Waals surface area contributed by atoms with Crippen LogP contribution in [0.25, 0.3) is 0 Å². The summed E-state index contributed by atoms with van der Waals surface area (Å²) in [6.45, 7) is 0. The van der Waals surface area contributed by atoms with E-state index in [4.69, 9.17) is 5.11 Å². The Kier molecular flexibility index (Phi) is 3.59. The van der Waals surface area contributed by atoms with E-state index >= 15 is 0 Å². The summed E-state index contributed by atoms with van der Waals surface area (Å²) in [6, 6.07) is 3.89. The van der Waals surface area contributed by atoms with Crippen LogP contribution < -0.4 is 0 Å². The van der Waals surface area contributed by atoms with Gasteiger partial charge >= 0.3 is 6.18 Å². The fraction of sp³-hybridized carbons (Fsp3) is 0.333. The topological polar surface area (TPSA) is 20.2 Å². The Morgan fingerprint density at radius 3 is 1.81 bits per heavy atom. The molecule has 0 spiro atoms. The maximum Gasteiger partial charge on any atom is 0.427 e. The van der Waals surface area contributed by atoms with Crippen LogP contribution in [0.1, 0.15) is 5.56 Å². The quantitative estimate of drug-likeness (QED) is 0.830. The van der Waals surface area contributed by atoms with Crippen molar-refractivity contribution in [3.63, 3.8) is 0 Å². The van der Waals surface area contributed by atoms with Gasteiger partial charge in [0.05, 0.1) is 0 Å².